The van der Waals surface area contributed by atoms with Gasteiger partial charge in [0.25, 0.3) is 0 Å². The van der Waals surface area contributed by atoms with Crippen LogP contribution in [-0.4, -0.2) is 25.8 Å². The van der Waals surface area contributed by atoms with Gasteiger partial charge in [0, 0.05) is 0 Å². The minimum atomic E-state index is 0.689. The summed E-state index contributed by atoms with van der Waals surface area (Å²) in [5.41, 5.74) is 1.52. The number of benzene rings is 1. The Morgan fingerprint density at radius 2 is 1.80 bits per heavy atom. The molecule has 0 aliphatic carbocycles. The van der Waals surface area contributed by atoms with Crippen molar-refractivity contribution in [3.8, 4) is 0 Å². The third-order valence-electron chi connectivity index (χ3n) is 1.58. The molecule has 3 radical (unpaired) electrons. The van der Waals surface area contributed by atoms with Crippen LogP contribution in [0.5, 0.6) is 0 Å². The molecule has 0 N–H and O–H groups in total. The summed E-state index contributed by atoms with van der Waals surface area (Å²) in [6.07, 6.45) is 0. The van der Waals surface area contributed by atoms with Crippen LogP contribution in [0.15, 0.2) is 24.3 Å². The van der Waals surface area contributed by atoms with E-state index in [2.05, 4.69) is 38.1 Å². The molecular formula is C9H11Pb. The quantitative estimate of drug-likeness (QED) is 0.688. The van der Waals surface area contributed by atoms with Gasteiger partial charge in [0.05, 0.1) is 0 Å². The van der Waals surface area contributed by atoms with E-state index >= 15 is 0 Å². The molecule has 0 fully saturated rings. The van der Waals surface area contributed by atoms with Crippen LogP contribution in [-0.2, 0) is 0 Å². The van der Waals surface area contributed by atoms with Crippen LogP contribution in [0.4, 0.5) is 0 Å². The molecule has 1 aromatic rings. The molecule has 0 aliphatic heterocycles. The van der Waals surface area contributed by atoms with Crippen LogP contribution in [0, 0.1) is 0 Å². The van der Waals surface area contributed by atoms with E-state index < -0.39 is 0 Å². The first-order valence-corrected chi connectivity index (χ1v) is 5.46. The predicted molar refractivity (Wildman–Crippen MR) is 45.9 cm³/mol. The molecule has 1 heteroatoms. The van der Waals surface area contributed by atoms with E-state index in [0.29, 0.717) is 5.92 Å². The monoisotopic (exact) mass is 327 g/mol. The van der Waals surface area contributed by atoms with Crippen molar-refractivity contribution in [1.29, 1.82) is 0 Å². The second kappa shape index (κ2) is 3.51. The predicted octanol–water partition coefficient (Wildman–Crippen LogP) is 1.60. The zero-order valence-electron chi connectivity index (χ0n) is 6.39. The Morgan fingerprint density at radius 3 is 2.20 bits per heavy atom. The third kappa shape index (κ3) is 1.81. The Labute approximate surface area is 78.3 Å². The molecule has 0 unspecified atom stereocenters. The van der Waals surface area contributed by atoms with Crippen LogP contribution in [0.1, 0.15) is 25.3 Å². The molecule has 0 atom stereocenters. The van der Waals surface area contributed by atoms with Crippen molar-refractivity contribution in [3.05, 3.63) is 29.8 Å². The topological polar surface area (TPSA) is 0 Å². The Balaban J connectivity index is 3.03. The molecule has 0 spiro atoms. The van der Waals surface area contributed by atoms with Gasteiger partial charge < -0.3 is 0 Å². The molecule has 10 heavy (non-hydrogen) atoms. The van der Waals surface area contributed by atoms with Crippen LogP contribution in [0.3, 0.4) is 0 Å². The average molecular weight is 326 g/mol. The van der Waals surface area contributed by atoms with Crippen LogP contribution < -0.4 is 3.12 Å². The van der Waals surface area contributed by atoms with Crippen molar-refractivity contribution in [1.82, 2.24) is 0 Å². The van der Waals surface area contributed by atoms with Crippen molar-refractivity contribution in [2.45, 2.75) is 19.8 Å². The summed E-state index contributed by atoms with van der Waals surface area (Å²) in [4.78, 5) is 0. The summed E-state index contributed by atoms with van der Waals surface area (Å²) < 4.78 is 1.54. The Hall–Kier alpha value is 0.142. The van der Waals surface area contributed by atoms with Gasteiger partial charge in [0.15, 0.2) is 0 Å². The van der Waals surface area contributed by atoms with Gasteiger partial charge in [0.1, 0.15) is 0 Å². The summed E-state index contributed by atoms with van der Waals surface area (Å²) in [7, 11) is 0. The number of rotatable bonds is 1. The Morgan fingerprint density at radius 1 is 1.20 bits per heavy atom. The van der Waals surface area contributed by atoms with Gasteiger partial charge in [-0.05, 0) is 0 Å². The molecule has 0 aliphatic rings. The number of hydrogen-bond acceptors (Lipinski definition) is 0. The van der Waals surface area contributed by atoms with Gasteiger partial charge in [-0.25, -0.2) is 0 Å². The van der Waals surface area contributed by atoms with Crippen LogP contribution in [0.25, 0.3) is 0 Å². The molecule has 0 saturated heterocycles. The first kappa shape index (κ1) is 8.24. The molecule has 51 valence electrons. The van der Waals surface area contributed by atoms with Crippen molar-refractivity contribution in [3.63, 3.8) is 0 Å². The average Bonchev–Trinajstić information content (AvgIpc) is 1.88. The normalized spacial score (nSPS) is 10.4. The molecule has 0 bridgehead atoms. The van der Waals surface area contributed by atoms with E-state index in [4.69, 9.17) is 0 Å². The first-order valence-electron chi connectivity index (χ1n) is 3.52. The summed E-state index contributed by atoms with van der Waals surface area (Å²) in [5, 5.41) is 0. The van der Waals surface area contributed by atoms with E-state index in [1.54, 1.807) is 0 Å². The molecule has 0 nitrogen and oxygen atoms in total. The van der Waals surface area contributed by atoms with E-state index in [1.165, 1.54) is 34.5 Å². The maximum absolute atomic E-state index is 2.25. The van der Waals surface area contributed by atoms with E-state index in [9.17, 15) is 0 Å². The fourth-order valence-corrected chi connectivity index (χ4v) is 2.82. The van der Waals surface area contributed by atoms with Crippen molar-refractivity contribution in [2.75, 3.05) is 0 Å². The standard InChI is InChI=1S/C9H11.Pb/c1-8(2)9-6-4-3-5-7-9;/h3-6,8H,1-2H3;. The molecule has 0 saturated carbocycles. The van der Waals surface area contributed by atoms with Gasteiger partial charge in [-0.2, -0.15) is 0 Å². The zero-order chi connectivity index (χ0) is 7.56. The SMILES string of the molecule is CC(C)c1cccc[c]1[Pb]. The van der Waals surface area contributed by atoms with E-state index in [-0.39, 0.29) is 0 Å². The van der Waals surface area contributed by atoms with Gasteiger partial charge in [-0.15, -0.1) is 0 Å². The Bertz CT molecular complexity index is 216. The molecule has 1 rings (SSSR count). The summed E-state index contributed by atoms with van der Waals surface area (Å²) in [5.74, 6) is 0.689. The summed E-state index contributed by atoms with van der Waals surface area (Å²) >= 11 is 1.17. The van der Waals surface area contributed by atoms with Crippen molar-refractivity contribution in [2.24, 2.45) is 0 Å². The summed E-state index contributed by atoms with van der Waals surface area (Å²) in [6.45, 7) is 4.49. The fraction of sp³-hybridized carbons (Fsp3) is 0.333. The molecular weight excluding hydrogens is 315 g/mol. The fourth-order valence-electron chi connectivity index (χ4n) is 1.00. The van der Waals surface area contributed by atoms with Crippen LogP contribution in [0.2, 0.25) is 0 Å². The van der Waals surface area contributed by atoms with E-state index in [1.807, 2.05) is 0 Å². The molecule has 0 amide bonds. The molecule has 0 heterocycles. The first-order chi connectivity index (χ1) is 4.72. The van der Waals surface area contributed by atoms with Gasteiger partial charge in [-0.1, -0.05) is 0 Å². The van der Waals surface area contributed by atoms with Gasteiger partial charge in [0.2, 0.25) is 0 Å². The van der Waals surface area contributed by atoms with Gasteiger partial charge >= 0.3 is 78.5 Å². The van der Waals surface area contributed by atoms with Crippen LogP contribution >= 0.6 is 0 Å². The van der Waals surface area contributed by atoms with Crippen molar-refractivity contribution >= 4 is 28.9 Å². The Kier molecular flexibility index (Phi) is 2.89. The molecule has 0 aromatic heterocycles. The van der Waals surface area contributed by atoms with Crippen molar-refractivity contribution < 1.29 is 0 Å². The number of hydrogen-bond donors (Lipinski definition) is 0. The zero-order valence-corrected chi connectivity index (χ0v) is 10.3. The third-order valence-corrected chi connectivity index (χ3v) is 3.35. The van der Waals surface area contributed by atoms with Gasteiger partial charge in [-0.3, -0.25) is 0 Å². The maximum atomic E-state index is 2.25. The second-order valence-corrected chi connectivity index (χ2v) is 4.84. The summed E-state index contributed by atoms with van der Waals surface area (Å²) in [6, 6.07) is 8.69. The minimum absolute atomic E-state index is 0.689. The second-order valence-electron chi connectivity index (χ2n) is 2.74. The van der Waals surface area contributed by atoms with E-state index in [0.717, 1.165) is 0 Å². The molecule has 1 aromatic carbocycles.